The van der Waals surface area contributed by atoms with Gasteiger partial charge < -0.3 is 0 Å². The molecule has 1 aliphatic heterocycles. The fourth-order valence-electron chi connectivity index (χ4n) is 1.67. The number of rotatable bonds is 1. The topological polar surface area (TPSA) is 34.5 Å². The summed E-state index contributed by atoms with van der Waals surface area (Å²) in [6, 6.07) is 0. The molecule has 1 N–H and O–H groups in total. The maximum atomic E-state index is 5.00. The van der Waals surface area contributed by atoms with Gasteiger partial charge in [0, 0.05) is 5.92 Å². The molecule has 2 rings (SSSR count). The van der Waals surface area contributed by atoms with Crippen LogP contribution in [0.25, 0.3) is 0 Å². The van der Waals surface area contributed by atoms with Crippen LogP contribution < -0.4 is 5.48 Å². The van der Waals surface area contributed by atoms with Gasteiger partial charge in [-0.05, 0) is 12.8 Å². The molecule has 2 fully saturated rings. The first-order valence-electron chi connectivity index (χ1n) is 3.88. The molecule has 2 heteroatoms. The van der Waals surface area contributed by atoms with Gasteiger partial charge in [0.15, 0.2) is 6.23 Å². The van der Waals surface area contributed by atoms with Gasteiger partial charge in [0.25, 0.3) is 0 Å². The van der Waals surface area contributed by atoms with Crippen LogP contribution in [0.5, 0.6) is 0 Å². The van der Waals surface area contributed by atoms with Crippen molar-refractivity contribution in [3.63, 3.8) is 0 Å². The molecule has 0 bridgehead atoms. The van der Waals surface area contributed by atoms with E-state index in [4.69, 9.17) is 4.84 Å². The summed E-state index contributed by atoms with van der Waals surface area (Å²) in [6.07, 6.45) is 7.43. The van der Waals surface area contributed by atoms with Gasteiger partial charge in [-0.25, -0.2) is 0 Å². The van der Waals surface area contributed by atoms with E-state index in [-0.39, 0.29) is 0 Å². The van der Waals surface area contributed by atoms with Crippen molar-refractivity contribution in [2.75, 3.05) is 0 Å². The van der Waals surface area contributed by atoms with Gasteiger partial charge in [0.2, 0.25) is 0 Å². The second-order valence-electron chi connectivity index (χ2n) is 3.05. The van der Waals surface area contributed by atoms with Crippen LogP contribution >= 0.6 is 0 Å². The minimum atomic E-state index is 0.435. The summed E-state index contributed by atoms with van der Waals surface area (Å²) in [5, 5.41) is 0. The number of hydrogen-bond donors (Lipinski definition) is 1. The number of hydrogen-bond acceptors (Lipinski definition) is 2. The van der Waals surface area contributed by atoms with Gasteiger partial charge in [-0.3, -0.25) is 4.84 Å². The summed E-state index contributed by atoms with van der Waals surface area (Å²) < 4.78 is 0. The van der Waals surface area contributed by atoms with Crippen LogP contribution in [-0.2, 0) is 4.84 Å². The van der Waals surface area contributed by atoms with Crippen LogP contribution in [0.4, 0.5) is 0 Å². The largest absolute Gasteiger partial charge is 0.278 e. The fourth-order valence-corrected chi connectivity index (χ4v) is 1.67. The van der Waals surface area contributed by atoms with Crippen molar-refractivity contribution in [3.8, 4) is 0 Å². The molecule has 1 saturated carbocycles. The van der Waals surface area contributed by atoms with E-state index in [0.717, 1.165) is 5.92 Å². The SMILES string of the molecule is C1CCC(C2NO2)CC1. The molecule has 1 atom stereocenters. The van der Waals surface area contributed by atoms with Gasteiger partial charge in [-0.15, -0.1) is 0 Å². The predicted molar refractivity (Wildman–Crippen MR) is 34.6 cm³/mol. The quantitative estimate of drug-likeness (QED) is 0.541. The molecule has 2 nitrogen and oxygen atoms in total. The Hall–Kier alpha value is -0.0800. The minimum Gasteiger partial charge on any atom is -0.278 e. The average Bonchev–Trinajstić information content (AvgIpc) is 2.71. The zero-order valence-electron chi connectivity index (χ0n) is 5.60. The number of nitrogens with one attached hydrogen (secondary N) is 1. The summed E-state index contributed by atoms with van der Waals surface area (Å²) >= 11 is 0. The lowest BCUT2D eigenvalue weighted by molar-refractivity contribution is 0.262. The van der Waals surface area contributed by atoms with Crippen molar-refractivity contribution in [1.29, 1.82) is 0 Å². The van der Waals surface area contributed by atoms with E-state index >= 15 is 0 Å². The normalized spacial score (nSPS) is 36.7. The van der Waals surface area contributed by atoms with Gasteiger partial charge in [-0.1, -0.05) is 19.3 Å². The van der Waals surface area contributed by atoms with Crippen LogP contribution in [0.3, 0.4) is 0 Å². The Morgan fingerprint density at radius 1 is 1.11 bits per heavy atom. The second-order valence-corrected chi connectivity index (χ2v) is 3.05. The predicted octanol–water partition coefficient (Wildman–Crippen LogP) is 1.43. The Balaban J connectivity index is 1.80. The zero-order chi connectivity index (χ0) is 6.10. The fraction of sp³-hybridized carbons (Fsp3) is 1.00. The lowest BCUT2D eigenvalue weighted by Gasteiger charge is -2.17. The third-order valence-electron chi connectivity index (χ3n) is 2.33. The molecular weight excluding hydrogens is 114 g/mol. The van der Waals surface area contributed by atoms with E-state index in [2.05, 4.69) is 5.48 Å². The van der Waals surface area contributed by atoms with Gasteiger partial charge >= 0.3 is 0 Å². The molecule has 0 aromatic heterocycles. The van der Waals surface area contributed by atoms with E-state index < -0.39 is 0 Å². The van der Waals surface area contributed by atoms with Crippen LogP contribution in [-0.4, -0.2) is 6.23 Å². The monoisotopic (exact) mass is 127 g/mol. The highest BCUT2D eigenvalue weighted by Gasteiger charge is 2.32. The first-order valence-corrected chi connectivity index (χ1v) is 3.88. The highest BCUT2D eigenvalue weighted by atomic mass is 16.8. The van der Waals surface area contributed by atoms with E-state index in [1.54, 1.807) is 0 Å². The summed E-state index contributed by atoms with van der Waals surface area (Å²) in [6.45, 7) is 0. The first-order chi connectivity index (χ1) is 4.47. The van der Waals surface area contributed by atoms with Crippen LogP contribution in [0, 0.1) is 5.92 Å². The Labute approximate surface area is 55.5 Å². The van der Waals surface area contributed by atoms with Gasteiger partial charge in [-0.2, -0.15) is 5.48 Å². The molecule has 2 aliphatic rings. The van der Waals surface area contributed by atoms with Crippen molar-refractivity contribution in [2.45, 2.75) is 38.3 Å². The standard InChI is InChI=1S/C7H13NO/c1-2-4-6(5-3-1)7-8-9-7/h6-8H,1-5H2. The van der Waals surface area contributed by atoms with Crippen molar-refractivity contribution < 1.29 is 4.84 Å². The second kappa shape index (κ2) is 2.27. The molecule has 52 valence electrons. The molecule has 0 aromatic rings. The van der Waals surface area contributed by atoms with Crippen molar-refractivity contribution in [3.05, 3.63) is 0 Å². The average molecular weight is 127 g/mol. The molecule has 1 saturated heterocycles. The van der Waals surface area contributed by atoms with Crippen LogP contribution in [0.15, 0.2) is 0 Å². The molecule has 0 spiro atoms. The summed E-state index contributed by atoms with van der Waals surface area (Å²) in [4.78, 5) is 5.00. The van der Waals surface area contributed by atoms with Gasteiger partial charge in [0.05, 0.1) is 0 Å². The van der Waals surface area contributed by atoms with Crippen molar-refractivity contribution in [2.24, 2.45) is 5.92 Å². The Morgan fingerprint density at radius 3 is 2.33 bits per heavy atom. The third kappa shape index (κ3) is 1.25. The smallest absolute Gasteiger partial charge is 0.154 e. The van der Waals surface area contributed by atoms with Crippen molar-refractivity contribution in [1.82, 2.24) is 5.48 Å². The molecule has 0 radical (unpaired) electrons. The highest BCUT2D eigenvalue weighted by Crippen LogP contribution is 2.30. The Morgan fingerprint density at radius 2 is 1.78 bits per heavy atom. The van der Waals surface area contributed by atoms with Crippen LogP contribution in [0.1, 0.15) is 32.1 Å². The zero-order valence-corrected chi connectivity index (χ0v) is 5.60. The highest BCUT2D eigenvalue weighted by molar-refractivity contribution is 4.75. The summed E-state index contributed by atoms with van der Waals surface area (Å²) in [7, 11) is 0. The minimum absolute atomic E-state index is 0.435. The molecule has 0 amide bonds. The lowest BCUT2D eigenvalue weighted by atomic mass is 9.89. The third-order valence-corrected chi connectivity index (χ3v) is 2.33. The molecule has 1 heterocycles. The Bertz CT molecular complexity index is 95.1. The summed E-state index contributed by atoms with van der Waals surface area (Å²) in [5.74, 6) is 0.832. The molecule has 1 unspecified atom stereocenters. The maximum Gasteiger partial charge on any atom is 0.154 e. The van der Waals surface area contributed by atoms with E-state index in [1.165, 1.54) is 32.1 Å². The van der Waals surface area contributed by atoms with Crippen LogP contribution in [0.2, 0.25) is 0 Å². The molecule has 1 aliphatic carbocycles. The van der Waals surface area contributed by atoms with E-state index in [0.29, 0.717) is 6.23 Å². The lowest BCUT2D eigenvalue weighted by Crippen LogP contribution is -2.13. The molecule has 9 heavy (non-hydrogen) atoms. The van der Waals surface area contributed by atoms with E-state index in [9.17, 15) is 0 Å². The van der Waals surface area contributed by atoms with Crippen molar-refractivity contribution >= 4 is 0 Å². The maximum absolute atomic E-state index is 5.00. The Kier molecular flexibility index (Phi) is 1.44. The number of hydroxylamine groups is 1. The molecule has 0 aromatic carbocycles. The first kappa shape index (κ1) is 5.69. The van der Waals surface area contributed by atoms with Gasteiger partial charge in [0.1, 0.15) is 0 Å². The van der Waals surface area contributed by atoms with E-state index in [1.807, 2.05) is 0 Å². The molecular formula is C7H13NO. The summed E-state index contributed by atoms with van der Waals surface area (Å²) in [5.41, 5.74) is 2.90.